The molecule has 2 aromatic rings. The minimum absolute atomic E-state index is 0.153. The Hall–Kier alpha value is -1.87. The molecule has 0 saturated carbocycles. The van der Waals surface area contributed by atoms with Crippen molar-refractivity contribution in [2.24, 2.45) is 0 Å². The van der Waals surface area contributed by atoms with Crippen LogP contribution < -0.4 is 5.32 Å². The number of rotatable bonds is 3. The van der Waals surface area contributed by atoms with Crippen molar-refractivity contribution in [1.29, 1.82) is 0 Å². The molecular weight excluding hydrogens is 248 g/mol. The van der Waals surface area contributed by atoms with E-state index in [0.717, 1.165) is 11.3 Å². The number of anilines is 1. The Morgan fingerprint density at radius 3 is 2.61 bits per heavy atom. The van der Waals surface area contributed by atoms with Crippen LogP contribution in [0.3, 0.4) is 0 Å². The van der Waals surface area contributed by atoms with E-state index in [1.807, 2.05) is 31.2 Å². The fourth-order valence-electron chi connectivity index (χ4n) is 1.60. The first kappa shape index (κ1) is 12.6. The van der Waals surface area contributed by atoms with Gasteiger partial charge in [-0.1, -0.05) is 12.1 Å². The minimum atomic E-state index is -0.153. The van der Waals surface area contributed by atoms with Gasteiger partial charge in [0.15, 0.2) is 0 Å². The van der Waals surface area contributed by atoms with Crippen molar-refractivity contribution in [1.82, 2.24) is 4.98 Å². The number of nitrogens with zero attached hydrogens (tertiary/aromatic N) is 1. The first-order chi connectivity index (χ1) is 8.70. The number of aromatic nitrogens is 1. The largest absolute Gasteiger partial charge is 0.322 e. The molecule has 0 saturated heterocycles. The van der Waals surface area contributed by atoms with Crippen LogP contribution in [0.15, 0.2) is 42.6 Å². The highest BCUT2D eigenvalue weighted by Crippen LogP contribution is 2.13. The summed E-state index contributed by atoms with van der Waals surface area (Å²) in [5, 5.41) is 2.83. The van der Waals surface area contributed by atoms with E-state index >= 15 is 0 Å². The molecule has 92 valence electrons. The summed E-state index contributed by atoms with van der Waals surface area (Å²) in [6.45, 7) is 1.81. The molecule has 4 heteroatoms. The normalized spacial score (nSPS) is 10.1. The highest BCUT2D eigenvalue weighted by molar-refractivity contribution is 6.17. The number of hydrogen-bond donors (Lipinski definition) is 1. The third-order valence-electron chi connectivity index (χ3n) is 2.62. The summed E-state index contributed by atoms with van der Waals surface area (Å²) in [5.74, 6) is 0.315. The standard InChI is InChI=1S/C14H13ClN2O/c1-10-13(3-2-8-16-10)14(18)17-12-6-4-11(9-15)5-7-12/h2-8H,9H2,1H3,(H,17,18). The predicted octanol–water partition coefficient (Wildman–Crippen LogP) is 3.38. The predicted molar refractivity (Wildman–Crippen MR) is 72.9 cm³/mol. The summed E-state index contributed by atoms with van der Waals surface area (Å²) >= 11 is 5.71. The average Bonchev–Trinajstić information content (AvgIpc) is 2.40. The van der Waals surface area contributed by atoms with E-state index < -0.39 is 0 Å². The molecule has 0 atom stereocenters. The number of nitrogens with one attached hydrogen (secondary N) is 1. The maximum absolute atomic E-state index is 12.0. The molecule has 1 amide bonds. The van der Waals surface area contributed by atoms with Crippen molar-refractivity contribution in [3.05, 3.63) is 59.4 Å². The fraction of sp³-hybridized carbons (Fsp3) is 0.143. The number of pyridine rings is 1. The van der Waals surface area contributed by atoms with Crippen molar-refractivity contribution < 1.29 is 4.79 Å². The van der Waals surface area contributed by atoms with Gasteiger partial charge in [0.05, 0.1) is 5.56 Å². The highest BCUT2D eigenvalue weighted by atomic mass is 35.5. The SMILES string of the molecule is Cc1ncccc1C(=O)Nc1ccc(CCl)cc1. The van der Waals surface area contributed by atoms with Crippen LogP contribution in [-0.4, -0.2) is 10.9 Å². The molecule has 1 aromatic carbocycles. The van der Waals surface area contributed by atoms with E-state index in [1.165, 1.54) is 0 Å². The number of alkyl halides is 1. The van der Waals surface area contributed by atoms with Crippen LogP contribution in [0.1, 0.15) is 21.6 Å². The Balaban J connectivity index is 2.14. The second-order valence-electron chi connectivity index (χ2n) is 3.92. The Labute approximate surface area is 111 Å². The van der Waals surface area contributed by atoms with Gasteiger partial charge >= 0.3 is 0 Å². The molecule has 0 radical (unpaired) electrons. The van der Waals surface area contributed by atoms with E-state index in [-0.39, 0.29) is 5.91 Å². The van der Waals surface area contributed by atoms with Crippen LogP contribution >= 0.6 is 11.6 Å². The second-order valence-corrected chi connectivity index (χ2v) is 4.19. The van der Waals surface area contributed by atoms with Crippen LogP contribution in [0.25, 0.3) is 0 Å². The Kier molecular flexibility index (Phi) is 3.95. The Bertz CT molecular complexity index is 552. The molecule has 0 aliphatic heterocycles. The summed E-state index contributed by atoms with van der Waals surface area (Å²) in [6, 6.07) is 10.9. The molecule has 2 rings (SSSR count). The fourth-order valence-corrected chi connectivity index (χ4v) is 1.78. The summed E-state index contributed by atoms with van der Waals surface area (Å²) in [5.41, 5.74) is 3.07. The van der Waals surface area contributed by atoms with Crippen LogP contribution in [0.4, 0.5) is 5.69 Å². The van der Waals surface area contributed by atoms with Crippen molar-refractivity contribution in [2.75, 3.05) is 5.32 Å². The summed E-state index contributed by atoms with van der Waals surface area (Å²) < 4.78 is 0. The maximum Gasteiger partial charge on any atom is 0.257 e. The molecule has 0 unspecified atom stereocenters. The number of halogens is 1. The van der Waals surface area contributed by atoms with Crippen LogP contribution in [-0.2, 0) is 5.88 Å². The summed E-state index contributed by atoms with van der Waals surface area (Å²) in [6.07, 6.45) is 1.67. The van der Waals surface area contributed by atoms with Crippen LogP contribution in [0.2, 0.25) is 0 Å². The van der Waals surface area contributed by atoms with Gasteiger partial charge in [-0.3, -0.25) is 9.78 Å². The smallest absolute Gasteiger partial charge is 0.257 e. The zero-order valence-electron chi connectivity index (χ0n) is 9.98. The molecular formula is C14H13ClN2O. The number of carbonyl (C=O) groups is 1. The first-order valence-corrected chi connectivity index (χ1v) is 6.12. The molecule has 0 aliphatic carbocycles. The molecule has 18 heavy (non-hydrogen) atoms. The second kappa shape index (κ2) is 5.65. The van der Waals surface area contributed by atoms with Gasteiger partial charge in [0.2, 0.25) is 0 Å². The lowest BCUT2D eigenvalue weighted by Crippen LogP contribution is -2.13. The van der Waals surface area contributed by atoms with Gasteiger partial charge in [0.25, 0.3) is 5.91 Å². The topological polar surface area (TPSA) is 42.0 Å². The van der Waals surface area contributed by atoms with E-state index in [2.05, 4.69) is 10.3 Å². The van der Waals surface area contributed by atoms with Crippen molar-refractivity contribution in [3.8, 4) is 0 Å². The molecule has 0 aliphatic rings. The quantitative estimate of drug-likeness (QED) is 0.860. The molecule has 1 heterocycles. The number of aryl methyl sites for hydroxylation is 1. The number of carbonyl (C=O) groups excluding carboxylic acids is 1. The number of benzene rings is 1. The van der Waals surface area contributed by atoms with Gasteiger partial charge in [-0.15, -0.1) is 11.6 Å². The molecule has 1 N–H and O–H groups in total. The lowest BCUT2D eigenvalue weighted by molar-refractivity contribution is 0.102. The lowest BCUT2D eigenvalue weighted by Gasteiger charge is -2.07. The number of hydrogen-bond acceptors (Lipinski definition) is 2. The van der Waals surface area contributed by atoms with Crippen LogP contribution in [0.5, 0.6) is 0 Å². The van der Waals surface area contributed by atoms with Crippen molar-refractivity contribution in [2.45, 2.75) is 12.8 Å². The molecule has 3 nitrogen and oxygen atoms in total. The molecule has 0 bridgehead atoms. The molecule has 0 spiro atoms. The maximum atomic E-state index is 12.0. The summed E-state index contributed by atoms with van der Waals surface area (Å²) in [7, 11) is 0. The summed E-state index contributed by atoms with van der Waals surface area (Å²) in [4.78, 5) is 16.1. The first-order valence-electron chi connectivity index (χ1n) is 5.58. The molecule has 1 aromatic heterocycles. The monoisotopic (exact) mass is 260 g/mol. The Morgan fingerprint density at radius 1 is 1.28 bits per heavy atom. The van der Waals surface area contributed by atoms with Gasteiger partial charge < -0.3 is 5.32 Å². The third kappa shape index (κ3) is 2.87. The van der Waals surface area contributed by atoms with Crippen LogP contribution in [0, 0.1) is 6.92 Å². The highest BCUT2D eigenvalue weighted by Gasteiger charge is 2.09. The number of amides is 1. The van der Waals surface area contributed by atoms with Gasteiger partial charge in [0, 0.05) is 23.5 Å². The van der Waals surface area contributed by atoms with E-state index in [4.69, 9.17) is 11.6 Å². The van der Waals surface area contributed by atoms with E-state index in [9.17, 15) is 4.79 Å². The minimum Gasteiger partial charge on any atom is -0.322 e. The van der Waals surface area contributed by atoms with E-state index in [0.29, 0.717) is 17.1 Å². The van der Waals surface area contributed by atoms with Gasteiger partial charge in [0.1, 0.15) is 0 Å². The third-order valence-corrected chi connectivity index (χ3v) is 2.93. The Morgan fingerprint density at radius 2 is 2.00 bits per heavy atom. The zero-order chi connectivity index (χ0) is 13.0. The zero-order valence-corrected chi connectivity index (χ0v) is 10.7. The van der Waals surface area contributed by atoms with E-state index in [1.54, 1.807) is 18.3 Å². The van der Waals surface area contributed by atoms with Gasteiger partial charge in [-0.25, -0.2) is 0 Å². The lowest BCUT2D eigenvalue weighted by atomic mass is 10.2. The molecule has 0 fully saturated rings. The van der Waals surface area contributed by atoms with Gasteiger partial charge in [-0.2, -0.15) is 0 Å². The van der Waals surface area contributed by atoms with Crippen molar-refractivity contribution >= 4 is 23.2 Å². The van der Waals surface area contributed by atoms with Gasteiger partial charge in [-0.05, 0) is 36.8 Å². The van der Waals surface area contributed by atoms with Crippen molar-refractivity contribution in [3.63, 3.8) is 0 Å². The average molecular weight is 261 g/mol.